The number of amides is 2. The molecule has 0 saturated heterocycles. The first-order valence-electron chi connectivity index (χ1n) is 13.9. The first-order valence-corrected chi connectivity index (χ1v) is 13.9. The summed E-state index contributed by atoms with van der Waals surface area (Å²) in [5.74, 6) is -0.297. The number of nitrogens with two attached hydrogens (primary N) is 1. The van der Waals surface area contributed by atoms with E-state index >= 15 is 0 Å². The van der Waals surface area contributed by atoms with Crippen LogP contribution in [0.2, 0.25) is 0 Å². The number of nitrogens with zero attached hydrogens (tertiary/aromatic N) is 4. The fourth-order valence-electron chi connectivity index (χ4n) is 4.13. The topological polar surface area (TPSA) is 214 Å². The van der Waals surface area contributed by atoms with E-state index in [0.717, 1.165) is 11.3 Å². The number of carbonyl (C=O) groups is 2. The molecular weight excluding hydrogens is 590 g/mol. The molecule has 16 heteroatoms. The summed E-state index contributed by atoms with van der Waals surface area (Å²) < 4.78 is 5.27. The summed E-state index contributed by atoms with van der Waals surface area (Å²) in [5, 5.41) is 24.3. The fourth-order valence-corrected chi connectivity index (χ4v) is 4.13. The normalized spacial score (nSPS) is 11.3. The zero-order chi connectivity index (χ0) is 32.6. The number of unbranched alkanes of at least 4 members (excludes halogenated alkanes) is 1. The van der Waals surface area contributed by atoms with E-state index in [-0.39, 0.29) is 25.5 Å². The number of benzene rings is 2. The molecule has 0 aliphatic carbocycles. The maximum atomic E-state index is 12.5. The van der Waals surface area contributed by atoms with Crippen LogP contribution in [0.1, 0.15) is 46.4 Å². The second-order valence-electron chi connectivity index (χ2n) is 10.0. The summed E-state index contributed by atoms with van der Waals surface area (Å²) in [4.78, 5) is 60.6. The number of ether oxygens (including phenoxy) is 1. The lowest BCUT2D eigenvalue weighted by Crippen LogP contribution is -2.25. The number of alkyl carbamates (subject to hydrolysis) is 1. The lowest BCUT2D eigenvalue weighted by atomic mass is 10.1. The average Bonchev–Trinajstić information content (AvgIpc) is 3.01. The Morgan fingerprint density at radius 1 is 1.00 bits per heavy atom. The van der Waals surface area contributed by atoms with Gasteiger partial charge in [-0.3, -0.25) is 9.78 Å². The predicted molar refractivity (Wildman–Crippen MR) is 162 cm³/mol. The first kappa shape index (κ1) is 34.0. The molecule has 2 aromatic carbocycles. The van der Waals surface area contributed by atoms with Crippen LogP contribution >= 0.6 is 0 Å². The van der Waals surface area contributed by atoms with Crippen molar-refractivity contribution in [2.75, 3.05) is 31.2 Å². The van der Waals surface area contributed by atoms with E-state index < -0.39 is 29.0 Å². The molecule has 1 unspecified atom stereocenters. The number of anilines is 2. The quantitative estimate of drug-likeness (QED) is 0.0798. The average molecular weight is 626 g/mol. The van der Waals surface area contributed by atoms with Gasteiger partial charge < -0.3 is 35.7 Å². The van der Waals surface area contributed by atoms with Gasteiger partial charge in [0.05, 0.1) is 17.1 Å². The Balaban J connectivity index is 1.33. The van der Waals surface area contributed by atoms with Crippen molar-refractivity contribution in [3.63, 3.8) is 0 Å². The summed E-state index contributed by atoms with van der Waals surface area (Å²) in [7, 11) is 1.90. The molecule has 240 valence electrons. The zero-order valence-corrected chi connectivity index (χ0v) is 24.6. The third-order valence-corrected chi connectivity index (χ3v) is 6.47. The maximum absolute atomic E-state index is 12.5. The molecule has 0 radical (unpaired) electrons. The molecule has 0 aliphatic heterocycles. The van der Waals surface area contributed by atoms with E-state index in [4.69, 9.17) is 10.5 Å². The highest BCUT2D eigenvalue weighted by molar-refractivity contribution is 6.05. The van der Waals surface area contributed by atoms with Crippen molar-refractivity contribution in [2.45, 2.75) is 45.1 Å². The summed E-state index contributed by atoms with van der Waals surface area (Å²) >= 11 is 0. The van der Waals surface area contributed by atoms with Crippen LogP contribution in [0.15, 0.2) is 66.9 Å². The van der Waals surface area contributed by atoms with Gasteiger partial charge in [-0.1, -0.05) is 30.3 Å². The molecule has 0 fully saturated rings. The number of carbonyl (C=O) groups excluding carboxylic acids is 2. The van der Waals surface area contributed by atoms with E-state index in [9.17, 15) is 29.8 Å². The maximum Gasteiger partial charge on any atom is 0.407 e. The van der Waals surface area contributed by atoms with Gasteiger partial charge in [-0.05, 0) is 68.8 Å². The van der Waals surface area contributed by atoms with Gasteiger partial charge in [-0.25, -0.2) is 4.79 Å². The monoisotopic (exact) mass is 625 g/mol. The fraction of sp³-hybridized carbons (Fsp3) is 0.345. The van der Waals surface area contributed by atoms with Crippen molar-refractivity contribution in [1.29, 1.82) is 0 Å². The number of nitrogens with one attached hydrogen (secondary N) is 2. The van der Waals surface area contributed by atoms with Crippen LogP contribution < -0.4 is 16.4 Å². The van der Waals surface area contributed by atoms with E-state index in [1.54, 1.807) is 54.7 Å². The van der Waals surface area contributed by atoms with Gasteiger partial charge in [0, 0.05) is 30.4 Å². The highest BCUT2D eigenvalue weighted by Gasteiger charge is 2.16. The summed E-state index contributed by atoms with van der Waals surface area (Å²) in [6.07, 6.45) is 1.47. The molecule has 3 aromatic rings. The zero-order valence-electron chi connectivity index (χ0n) is 24.6. The minimum absolute atomic E-state index is 0.0320. The Bertz CT molecular complexity index is 1420. The van der Waals surface area contributed by atoms with Crippen LogP contribution in [0.5, 0.6) is 0 Å². The van der Waals surface area contributed by atoms with Gasteiger partial charge in [0.25, 0.3) is 16.1 Å². The second kappa shape index (κ2) is 17.6. The number of hydrogen-bond acceptors (Lipinski definition) is 12. The van der Waals surface area contributed by atoms with Crippen LogP contribution in [0.25, 0.3) is 0 Å². The van der Waals surface area contributed by atoms with Gasteiger partial charge in [0.2, 0.25) is 0 Å². The van der Waals surface area contributed by atoms with Crippen molar-refractivity contribution >= 4 is 23.4 Å². The Kier molecular flexibility index (Phi) is 13.3. The Hall–Kier alpha value is -5.51. The largest absolute Gasteiger partial charge is 0.445 e. The Morgan fingerprint density at radius 3 is 2.40 bits per heavy atom. The Labute approximate surface area is 258 Å². The number of nitrogen functional groups attached to an aromatic ring is 1. The van der Waals surface area contributed by atoms with Crippen LogP contribution in [0.3, 0.4) is 0 Å². The Morgan fingerprint density at radius 2 is 1.73 bits per heavy atom. The number of pyridine rings is 1. The number of para-hydroxylation sites is 2. The van der Waals surface area contributed by atoms with Crippen LogP contribution in [-0.4, -0.2) is 58.4 Å². The standard InChI is InChI=1S/C29H35N7O9/c1-34(15-5-4-6-25(45-36(41)42)20-44-35(39)40)18-24-14-11-22(17-31-24)19-43-29(38)32-16-21-9-12-23(13-10-21)28(37)33-27-8-3-2-7-26(27)30/h2-3,7-14,17,25H,4-6,15-16,18-20,30H2,1H3,(H,32,38)(H,33,37). The third kappa shape index (κ3) is 12.7. The van der Waals surface area contributed by atoms with Crippen molar-refractivity contribution in [3.8, 4) is 0 Å². The van der Waals surface area contributed by atoms with E-state index in [0.29, 0.717) is 48.4 Å². The van der Waals surface area contributed by atoms with E-state index in [1.807, 2.05) is 24.1 Å². The molecule has 4 N–H and O–H groups in total. The third-order valence-electron chi connectivity index (χ3n) is 6.47. The molecule has 2 amide bonds. The molecule has 1 heterocycles. The van der Waals surface area contributed by atoms with Crippen molar-refractivity contribution in [3.05, 3.63) is 109 Å². The van der Waals surface area contributed by atoms with Crippen LogP contribution in [0, 0.1) is 20.2 Å². The number of aromatic nitrogens is 1. The molecule has 45 heavy (non-hydrogen) atoms. The summed E-state index contributed by atoms with van der Waals surface area (Å²) in [6, 6.07) is 17.4. The minimum Gasteiger partial charge on any atom is -0.445 e. The molecule has 0 spiro atoms. The van der Waals surface area contributed by atoms with Crippen molar-refractivity contribution in [1.82, 2.24) is 15.2 Å². The predicted octanol–water partition coefficient (Wildman–Crippen LogP) is 3.73. The van der Waals surface area contributed by atoms with E-state index in [1.165, 1.54) is 0 Å². The molecule has 0 saturated carbocycles. The van der Waals surface area contributed by atoms with Gasteiger partial charge >= 0.3 is 6.09 Å². The lowest BCUT2D eigenvalue weighted by Gasteiger charge is -2.17. The number of rotatable bonds is 18. The van der Waals surface area contributed by atoms with Crippen molar-refractivity contribution in [2.24, 2.45) is 0 Å². The van der Waals surface area contributed by atoms with Gasteiger partial charge in [-0.2, -0.15) is 0 Å². The SMILES string of the molecule is CN(CCCCC(CO[N+](=O)[O-])O[N+](=O)[O-])Cc1ccc(COC(=O)NCc2ccc(C(=O)Nc3ccccc3N)cc2)cn1. The molecule has 1 atom stereocenters. The molecule has 16 nitrogen and oxygen atoms in total. The van der Waals surface area contributed by atoms with Gasteiger partial charge in [-0.15, -0.1) is 20.2 Å². The number of hydrogen-bond donors (Lipinski definition) is 3. The van der Waals surface area contributed by atoms with Gasteiger partial charge in [0.15, 0.2) is 0 Å². The van der Waals surface area contributed by atoms with Gasteiger partial charge in [0.1, 0.15) is 19.3 Å². The molecule has 1 aromatic heterocycles. The first-order chi connectivity index (χ1) is 21.6. The molecule has 0 bridgehead atoms. The highest BCUT2D eigenvalue weighted by Crippen LogP contribution is 2.18. The van der Waals surface area contributed by atoms with E-state index in [2.05, 4.69) is 25.3 Å². The summed E-state index contributed by atoms with van der Waals surface area (Å²) in [5.41, 5.74) is 9.60. The minimum atomic E-state index is -1.01. The molecular formula is C29H35N7O9. The second-order valence-corrected chi connectivity index (χ2v) is 10.0. The lowest BCUT2D eigenvalue weighted by molar-refractivity contribution is -0.790. The van der Waals surface area contributed by atoms with Crippen LogP contribution in [-0.2, 0) is 34.1 Å². The molecule has 3 rings (SSSR count). The van der Waals surface area contributed by atoms with Crippen molar-refractivity contribution < 1.29 is 34.2 Å². The van der Waals surface area contributed by atoms with Crippen LogP contribution in [0.4, 0.5) is 16.2 Å². The molecule has 0 aliphatic rings. The smallest absolute Gasteiger partial charge is 0.407 e. The summed E-state index contributed by atoms with van der Waals surface area (Å²) in [6.45, 7) is 0.942. The highest BCUT2D eigenvalue weighted by atomic mass is 17.0.